The molecule has 0 bridgehead atoms. The topological polar surface area (TPSA) is 56.8 Å². The van der Waals surface area contributed by atoms with E-state index in [1.54, 1.807) is 6.07 Å². The molecule has 1 saturated heterocycles. The fourth-order valence-electron chi connectivity index (χ4n) is 2.46. The molecule has 0 amide bonds. The second-order valence-corrected chi connectivity index (χ2v) is 5.31. The molecular formula is C14H17F2N5. The number of halogens is 2. The molecule has 1 aliphatic heterocycles. The van der Waals surface area contributed by atoms with E-state index in [-0.39, 0.29) is 0 Å². The highest BCUT2D eigenvalue weighted by molar-refractivity contribution is 5.31. The smallest absolute Gasteiger partial charge is 0.244 e. The van der Waals surface area contributed by atoms with Gasteiger partial charge in [0.1, 0.15) is 5.82 Å². The molecule has 112 valence electrons. The fraction of sp³-hybridized carbons (Fsp3) is 0.429. The van der Waals surface area contributed by atoms with Crippen LogP contribution in [-0.4, -0.2) is 40.9 Å². The van der Waals surface area contributed by atoms with Crippen LogP contribution in [0.3, 0.4) is 0 Å². The summed E-state index contributed by atoms with van der Waals surface area (Å²) in [6, 6.07) is 4.25. The van der Waals surface area contributed by atoms with Crippen LogP contribution in [0.2, 0.25) is 0 Å². The Hall–Kier alpha value is -2.02. The van der Waals surface area contributed by atoms with Crippen molar-refractivity contribution in [3.63, 3.8) is 0 Å². The predicted molar refractivity (Wildman–Crippen MR) is 75.2 cm³/mol. The fourth-order valence-corrected chi connectivity index (χ4v) is 2.46. The molecule has 2 aromatic rings. The molecule has 21 heavy (non-hydrogen) atoms. The Labute approximate surface area is 121 Å². The summed E-state index contributed by atoms with van der Waals surface area (Å²) >= 11 is 0. The second-order valence-electron chi connectivity index (χ2n) is 5.31. The van der Waals surface area contributed by atoms with Gasteiger partial charge < -0.3 is 10.2 Å². The van der Waals surface area contributed by atoms with Crippen LogP contribution in [0.15, 0.2) is 18.2 Å². The summed E-state index contributed by atoms with van der Waals surface area (Å²) in [6.45, 7) is 4.71. The van der Waals surface area contributed by atoms with Gasteiger partial charge >= 0.3 is 0 Å². The third-order valence-corrected chi connectivity index (χ3v) is 3.53. The normalized spacial score (nSPS) is 19.0. The number of piperazine rings is 1. The van der Waals surface area contributed by atoms with E-state index in [1.165, 1.54) is 6.07 Å². The highest BCUT2D eigenvalue weighted by atomic mass is 19.2. The summed E-state index contributed by atoms with van der Waals surface area (Å²) < 4.78 is 26.1. The molecule has 0 aliphatic carbocycles. The molecule has 0 spiro atoms. The van der Waals surface area contributed by atoms with Crippen molar-refractivity contribution in [2.45, 2.75) is 19.4 Å². The summed E-state index contributed by atoms with van der Waals surface area (Å²) in [5, 5.41) is 10.4. The average Bonchev–Trinajstić information content (AvgIpc) is 2.91. The lowest BCUT2D eigenvalue weighted by atomic mass is 10.1. The molecule has 0 radical (unpaired) electrons. The average molecular weight is 293 g/mol. The van der Waals surface area contributed by atoms with Crippen LogP contribution in [0.4, 0.5) is 14.7 Å². The lowest BCUT2D eigenvalue weighted by Gasteiger charge is -2.30. The van der Waals surface area contributed by atoms with Crippen molar-refractivity contribution in [3.8, 4) is 0 Å². The number of nitrogens with zero attached hydrogens (tertiary/aromatic N) is 3. The van der Waals surface area contributed by atoms with Crippen molar-refractivity contribution in [1.82, 2.24) is 20.5 Å². The molecule has 3 rings (SSSR count). The molecule has 1 fully saturated rings. The molecule has 1 aromatic carbocycles. The Morgan fingerprint density at radius 1 is 1.33 bits per heavy atom. The number of hydrogen-bond donors (Lipinski definition) is 2. The quantitative estimate of drug-likeness (QED) is 0.900. The maximum Gasteiger partial charge on any atom is 0.244 e. The van der Waals surface area contributed by atoms with Crippen LogP contribution in [-0.2, 0) is 6.42 Å². The standard InChI is InChI=1S/C14H17F2N5/c1-9-8-21(5-4-17-9)14-18-13(19-20-14)7-10-2-3-11(15)12(16)6-10/h2-3,6,9,17H,4-5,7-8H2,1H3,(H,18,19,20)/t9-/m0/s1. The van der Waals surface area contributed by atoms with Crippen molar-refractivity contribution in [2.75, 3.05) is 24.5 Å². The largest absolute Gasteiger partial charge is 0.337 e. The summed E-state index contributed by atoms with van der Waals surface area (Å²) in [5.41, 5.74) is 0.658. The van der Waals surface area contributed by atoms with E-state index >= 15 is 0 Å². The Bertz CT molecular complexity index is 628. The Kier molecular flexibility index (Phi) is 3.83. The molecule has 2 heterocycles. The van der Waals surface area contributed by atoms with Crippen molar-refractivity contribution < 1.29 is 8.78 Å². The van der Waals surface area contributed by atoms with Gasteiger partial charge in [0.2, 0.25) is 5.95 Å². The minimum atomic E-state index is -0.844. The van der Waals surface area contributed by atoms with Crippen LogP contribution < -0.4 is 10.2 Å². The number of rotatable bonds is 3. The Morgan fingerprint density at radius 2 is 2.19 bits per heavy atom. The maximum atomic E-state index is 13.2. The first kappa shape index (κ1) is 13.9. The van der Waals surface area contributed by atoms with E-state index in [2.05, 4.69) is 32.3 Å². The number of H-pyrrole nitrogens is 1. The van der Waals surface area contributed by atoms with Crippen LogP contribution >= 0.6 is 0 Å². The second kappa shape index (κ2) is 5.77. The summed E-state index contributed by atoms with van der Waals surface area (Å²) in [7, 11) is 0. The van der Waals surface area contributed by atoms with Gasteiger partial charge in [0.15, 0.2) is 11.6 Å². The van der Waals surface area contributed by atoms with Gasteiger partial charge in [0, 0.05) is 32.1 Å². The van der Waals surface area contributed by atoms with Gasteiger partial charge in [0.05, 0.1) is 0 Å². The van der Waals surface area contributed by atoms with E-state index in [9.17, 15) is 8.78 Å². The van der Waals surface area contributed by atoms with Gasteiger partial charge in [-0.2, -0.15) is 4.98 Å². The van der Waals surface area contributed by atoms with Gasteiger partial charge in [-0.3, -0.25) is 5.10 Å². The molecule has 0 saturated carbocycles. The SMILES string of the molecule is C[C@H]1CN(c2n[nH]c(Cc3ccc(F)c(F)c3)n2)CCN1. The number of benzene rings is 1. The van der Waals surface area contributed by atoms with Crippen LogP contribution in [0.1, 0.15) is 18.3 Å². The molecule has 1 aromatic heterocycles. The number of aromatic nitrogens is 3. The zero-order valence-corrected chi connectivity index (χ0v) is 11.7. The van der Waals surface area contributed by atoms with Gasteiger partial charge in [0.25, 0.3) is 0 Å². The lowest BCUT2D eigenvalue weighted by molar-refractivity contribution is 0.480. The molecule has 0 unspecified atom stereocenters. The van der Waals surface area contributed by atoms with Crippen molar-refractivity contribution in [2.24, 2.45) is 0 Å². The van der Waals surface area contributed by atoms with Crippen molar-refractivity contribution >= 4 is 5.95 Å². The lowest BCUT2D eigenvalue weighted by Crippen LogP contribution is -2.49. The zero-order chi connectivity index (χ0) is 14.8. The minimum Gasteiger partial charge on any atom is -0.337 e. The molecule has 5 nitrogen and oxygen atoms in total. The number of nitrogens with one attached hydrogen (secondary N) is 2. The third kappa shape index (κ3) is 3.18. The van der Waals surface area contributed by atoms with Crippen LogP contribution in [0, 0.1) is 11.6 Å². The molecule has 1 aliphatic rings. The first-order chi connectivity index (χ1) is 10.1. The number of hydrogen-bond acceptors (Lipinski definition) is 4. The molecule has 2 N–H and O–H groups in total. The van der Waals surface area contributed by atoms with Crippen molar-refractivity contribution in [1.29, 1.82) is 0 Å². The summed E-state index contributed by atoms with van der Waals surface area (Å²) in [4.78, 5) is 6.53. The van der Waals surface area contributed by atoms with Crippen LogP contribution in [0.5, 0.6) is 0 Å². The Balaban J connectivity index is 1.71. The van der Waals surface area contributed by atoms with Gasteiger partial charge in [-0.1, -0.05) is 6.07 Å². The minimum absolute atomic E-state index is 0.395. The first-order valence-corrected chi connectivity index (χ1v) is 6.95. The van der Waals surface area contributed by atoms with Gasteiger partial charge in [-0.05, 0) is 24.6 Å². The van der Waals surface area contributed by atoms with E-state index in [4.69, 9.17) is 0 Å². The highest BCUT2D eigenvalue weighted by Gasteiger charge is 2.19. The first-order valence-electron chi connectivity index (χ1n) is 6.95. The van der Waals surface area contributed by atoms with Crippen molar-refractivity contribution in [3.05, 3.63) is 41.2 Å². The number of aromatic amines is 1. The molecular weight excluding hydrogens is 276 g/mol. The maximum absolute atomic E-state index is 13.2. The zero-order valence-electron chi connectivity index (χ0n) is 11.7. The number of anilines is 1. The summed E-state index contributed by atoms with van der Waals surface area (Å²) in [5.74, 6) is -0.391. The highest BCUT2D eigenvalue weighted by Crippen LogP contribution is 2.14. The molecule has 7 heteroatoms. The van der Waals surface area contributed by atoms with E-state index in [0.29, 0.717) is 29.8 Å². The van der Waals surface area contributed by atoms with E-state index in [0.717, 1.165) is 25.7 Å². The van der Waals surface area contributed by atoms with Gasteiger partial charge in [-0.25, -0.2) is 8.78 Å². The van der Waals surface area contributed by atoms with E-state index < -0.39 is 11.6 Å². The third-order valence-electron chi connectivity index (χ3n) is 3.53. The Morgan fingerprint density at radius 3 is 2.95 bits per heavy atom. The van der Waals surface area contributed by atoms with Gasteiger partial charge in [-0.15, -0.1) is 5.10 Å². The van der Waals surface area contributed by atoms with Crippen LogP contribution in [0.25, 0.3) is 0 Å². The summed E-state index contributed by atoms with van der Waals surface area (Å²) in [6.07, 6.45) is 0.395. The molecule has 1 atom stereocenters. The monoisotopic (exact) mass is 293 g/mol. The van der Waals surface area contributed by atoms with E-state index in [1.807, 2.05) is 0 Å². The predicted octanol–water partition coefficient (Wildman–Crippen LogP) is 1.47.